The van der Waals surface area contributed by atoms with E-state index in [4.69, 9.17) is 16.3 Å². The summed E-state index contributed by atoms with van der Waals surface area (Å²) in [5.74, 6) is 0.0333. The number of halogens is 1. The minimum absolute atomic E-state index is 0.0333. The van der Waals surface area contributed by atoms with E-state index in [0.717, 1.165) is 14.8 Å². The van der Waals surface area contributed by atoms with Crippen molar-refractivity contribution in [1.82, 2.24) is 4.90 Å². The van der Waals surface area contributed by atoms with Crippen molar-refractivity contribution in [3.05, 3.63) is 56.7 Å². The molecular weight excluding hydrogens is 306 g/mol. The molecule has 0 N–H and O–H groups in total. The Morgan fingerprint density at radius 1 is 1.24 bits per heavy atom. The van der Waals surface area contributed by atoms with Gasteiger partial charge in [-0.25, -0.2) is 0 Å². The predicted molar refractivity (Wildman–Crippen MR) is 86.9 cm³/mol. The maximum Gasteiger partial charge on any atom is 0.254 e. The SMILES string of the molecule is CCN(Cc1ccc(Cl)s1)C(=O)c1ccc(COC)cc1. The number of benzene rings is 1. The smallest absolute Gasteiger partial charge is 0.254 e. The van der Waals surface area contributed by atoms with E-state index in [9.17, 15) is 4.79 Å². The van der Waals surface area contributed by atoms with Gasteiger partial charge >= 0.3 is 0 Å². The van der Waals surface area contributed by atoms with E-state index in [1.54, 1.807) is 7.11 Å². The Morgan fingerprint density at radius 2 is 1.95 bits per heavy atom. The van der Waals surface area contributed by atoms with E-state index >= 15 is 0 Å². The van der Waals surface area contributed by atoms with E-state index in [0.29, 0.717) is 25.3 Å². The van der Waals surface area contributed by atoms with Crippen molar-refractivity contribution >= 4 is 28.8 Å². The van der Waals surface area contributed by atoms with Crippen LogP contribution in [0.1, 0.15) is 27.7 Å². The molecule has 1 aromatic heterocycles. The number of methoxy groups -OCH3 is 1. The van der Waals surface area contributed by atoms with Crippen molar-refractivity contribution in [2.75, 3.05) is 13.7 Å². The Hall–Kier alpha value is -1.36. The molecule has 0 atom stereocenters. The zero-order valence-electron chi connectivity index (χ0n) is 12.1. The van der Waals surface area contributed by atoms with Crippen LogP contribution in [0.15, 0.2) is 36.4 Å². The molecule has 1 amide bonds. The second-order valence-electron chi connectivity index (χ2n) is 4.66. The fourth-order valence-electron chi connectivity index (χ4n) is 2.04. The number of hydrogen-bond donors (Lipinski definition) is 0. The number of thiophene rings is 1. The van der Waals surface area contributed by atoms with Gasteiger partial charge in [-0.15, -0.1) is 11.3 Å². The first-order valence-electron chi connectivity index (χ1n) is 6.75. The van der Waals surface area contributed by atoms with Gasteiger partial charge in [0.1, 0.15) is 0 Å². The minimum Gasteiger partial charge on any atom is -0.380 e. The van der Waals surface area contributed by atoms with Gasteiger partial charge < -0.3 is 9.64 Å². The molecule has 0 aliphatic heterocycles. The van der Waals surface area contributed by atoms with Gasteiger partial charge in [0, 0.05) is 24.1 Å². The van der Waals surface area contributed by atoms with Crippen molar-refractivity contribution in [3.8, 4) is 0 Å². The monoisotopic (exact) mass is 323 g/mol. The number of carbonyl (C=O) groups is 1. The molecule has 0 radical (unpaired) electrons. The van der Waals surface area contributed by atoms with Crippen molar-refractivity contribution in [3.63, 3.8) is 0 Å². The standard InChI is InChI=1S/C16H18ClNO2S/c1-3-18(10-14-8-9-15(17)21-14)16(19)13-6-4-12(5-7-13)11-20-2/h4-9H,3,10-11H2,1-2H3. The molecule has 2 aromatic rings. The molecule has 0 aliphatic carbocycles. The molecule has 21 heavy (non-hydrogen) atoms. The van der Waals surface area contributed by atoms with Crippen LogP contribution in [-0.4, -0.2) is 24.5 Å². The zero-order chi connectivity index (χ0) is 15.2. The Balaban J connectivity index is 2.08. The normalized spacial score (nSPS) is 10.6. The largest absolute Gasteiger partial charge is 0.380 e. The summed E-state index contributed by atoms with van der Waals surface area (Å²) in [6, 6.07) is 11.4. The number of amides is 1. The molecule has 112 valence electrons. The van der Waals surface area contributed by atoms with Gasteiger partial charge in [0.15, 0.2) is 0 Å². The van der Waals surface area contributed by atoms with E-state index in [1.807, 2.05) is 48.2 Å². The highest BCUT2D eigenvalue weighted by Crippen LogP contribution is 2.23. The number of ether oxygens (including phenoxy) is 1. The van der Waals surface area contributed by atoms with Crippen LogP contribution in [0.3, 0.4) is 0 Å². The van der Waals surface area contributed by atoms with E-state index < -0.39 is 0 Å². The molecule has 0 spiro atoms. The molecule has 0 saturated heterocycles. The summed E-state index contributed by atoms with van der Waals surface area (Å²) < 4.78 is 5.82. The van der Waals surface area contributed by atoms with Gasteiger partial charge in [-0.05, 0) is 36.8 Å². The third-order valence-electron chi connectivity index (χ3n) is 3.16. The lowest BCUT2D eigenvalue weighted by molar-refractivity contribution is 0.0754. The van der Waals surface area contributed by atoms with Crippen LogP contribution in [-0.2, 0) is 17.9 Å². The molecule has 0 unspecified atom stereocenters. The second-order valence-corrected chi connectivity index (χ2v) is 6.45. The summed E-state index contributed by atoms with van der Waals surface area (Å²) in [7, 11) is 1.66. The van der Waals surface area contributed by atoms with Gasteiger partial charge in [-0.2, -0.15) is 0 Å². The van der Waals surface area contributed by atoms with Crippen molar-refractivity contribution in [2.45, 2.75) is 20.1 Å². The van der Waals surface area contributed by atoms with Gasteiger partial charge in [0.2, 0.25) is 0 Å². The Bertz CT molecular complexity index is 595. The summed E-state index contributed by atoms with van der Waals surface area (Å²) >= 11 is 7.44. The summed E-state index contributed by atoms with van der Waals surface area (Å²) in [6.45, 7) is 3.78. The summed E-state index contributed by atoms with van der Waals surface area (Å²) in [5.41, 5.74) is 1.75. The zero-order valence-corrected chi connectivity index (χ0v) is 13.7. The third-order valence-corrected chi connectivity index (χ3v) is 4.37. The van der Waals surface area contributed by atoms with Crippen LogP contribution >= 0.6 is 22.9 Å². The van der Waals surface area contributed by atoms with Gasteiger partial charge in [-0.1, -0.05) is 23.7 Å². The lowest BCUT2D eigenvalue weighted by atomic mass is 10.1. The molecule has 0 aliphatic rings. The van der Waals surface area contributed by atoms with E-state index in [1.165, 1.54) is 11.3 Å². The fraction of sp³-hybridized carbons (Fsp3) is 0.312. The van der Waals surface area contributed by atoms with Crippen LogP contribution in [0, 0.1) is 0 Å². The Morgan fingerprint density at radius 3 is 2.48 bits per heavy atom. The molecular formula is C16H18ClNO2S. The Kier molecular flexibility index (Phi) is 5.79. The highest BCUT2D eigenvalue weighted by molar-refractivity contribution is 7.16. The average Bonchev–Trinajstić information content (AvgIpc) is 2.90. The number of carbonyl (C=O) groups excluding carboxylic acids is 1. The number of hydrogen-bond acceptors (Lipinski definition) is 3. The molecule has 2 rings (SSSR count). The van der Waals surface area contributed by atoms with Gasteiger partial charge in [0.25, 0.3) is 5.91 Å². The fourth-order valence-corrected chi connectivity index (χ4v) is 3.15. The summed E-state index contributed by atoms with van der Waals surface area (Å²) in [6.07, 6.45) is 0. The molecule has 0 bridgehead atoms. The number of nitrogens with zero attached hydrogens (tertiary/aromatic N) is 1. The molecule has 5 heteroatoms. The lowest BCUT2D eigenvalue weighted by Gasteiger charge is -2.20. The summed E-state index contributed by atoms with van der Waals surface area (Å²) in [5, 5.41) is 0. The van der Waals surface area contributed by atoms with E-state index in [2.05, 4.69) is 0 Å². The van der Waals surface area contributed by atoms with Crippen molar-refractivity contribution < 1.29 is 9.53 Å². The molecule has 1 aromatic carbocycles. The Labute approximate surface area is 134 Å². The van der Waals surface area contributed by atoms with Gasteiger partial charge in [-0.3, -0.25) is 4.79 Å². The molecule has 1 heterocycles. The highest BCUT2D eigenvalue weighted by Gasteiger charge is 2.15. The summed E-state index contributed by atoms with van der Waals surface area (Å²) in [4.78, 5) is 15.4. The first-order chi connectivity index (χ1) is 10.1. The minimum atomic E-state index is 0.0333. The van der Waals surface area contributed by atoms with Crippen LogP contribution in [0.2, 0.25) is 4.34 Å². The maximum absolute atomic E-state index is 12.5. The van der Waals surface area contributed by atoms with Gasteiger partial charge in [0.05, 0.1) is 17.5 Å². The number of rotatable bonds is 6. The van der Waals surface area contributed by atoms with Crippen molar-refractivity contribution in [2.24, 2.45) is 0 Å². The first kappa shape index (κ1) is 16.0. The third kappa shape index (κ3) is 4.30. The van der Waals surface area contributed by atoms with E-state index in [-0.39, 0.29) is 5.91 Å². The van der Waals surface area contributed by atoms with Crippen molar-refractivity contribution in [1.29, 1.82) is 0 Å². The predicted octanol–water partition coefficient (Wildman–Crippen LogP) is 4.21. The molecule has 0 saturated carbocycles. The maximum atomic E-state index is 12.5. The van der Waals surface area contributed by atoms with Crippen LogP contribution in [0.25, 0.3) is 0 Å². The molecule has 0 fully saturated rings. The van der Waals surface area contributed by atoms with Crippen LogP contribution in [0.5, 0.6) is 0 Å². The lowest BCUT2D eigenvalue weighted by Crippen LogP contribution is -2.29. The second kappa shape index (κ2) is 7.59. The quantitative estimate of drug-likeness (QED) is 0.797. The first-order valence-corrected chi connectivity index (χ1v) is 7.95. The van der Waals surface area contributed by atoms with Crippen LogP contribution in [0.4, 0.5) is 0 Å². The average molecular weight is 324 g/mol. The topological polar surface area (TPSA) is 29.5 Å². The molecule has 3 nitrogen and oxygen atoms in total. The van der Waals surface area contributed by atoms with Crippen LogP contribution < -0.4 is 0 Å². The highest BCUT2D eigenvalue weighted by atomic mass is 35.5.